The summed E-state index contributed by atoms with van der Waals surface area (Å²) in [4.78, 5) is 14.3. The van der Waals surface area contributed by atoms with E-state index in [1.54, 1.807) is 0 Å². The zero-order chi connectivity index (χ0) is 14.0. The summed E-state index contributed by atoms with van der Waals surface area (Å²) in [7, 11) is 0. The van der Waals surface area contributed by atoms with E-state index in [1.165, 1.54) is 6.42 Å². The predicted molar refractivity (Wildman–Crippen MR) is 78.8 cm³/mol. The molecule has 0 bridgehead atoms. The van der Waals surface area contributed by atoms with E-state index >= 15 is 0 Å². The number of anilines is 1. The summed E-state index contributed by atoms with van der Waals surface area (Å²) in [6.07, 6.45) is 3.31. The summed E-state index contributed by atoms with van der Waals surface area (Å²) in [5.41, 5.74) is 2.19. The molecule has 2 aliphatic rings. The van der Waals surface area contributed by atoms with Gasteiger partial charge in [0, 0.05) is 18.8 Å². The molecule has 1 spiro atoms. The Kier molecular flexibility index (Phi) is 3.76. The molecule has 0 saturated carbocycles. The number of nitrogens with zero attached hydrogens (tertiary/aromatic N) is 1. The largest absolute Gasteiger partial charge is 0.375 e. The van der Waals surface area contributed by atoms with Gasteiger partial charge in [0.15, 0.2) is 0 Å². The molecule has 1 aromatic carbocycles. The summed E-state index contributed by atoms with van der Waals surface area (Å²) in [5, 5.41) is 2.97. The van der Waals surface area contributed by atoms with Crippen molar-refractivity contribution in [3.8, 4) is 0 Å². The molecule has 0 aliphatic carbocycles. The second-order valence-corrected chi connectivity index (χ2v) is 5.98. The number of rotatable bonds is 3. The van der Waals surface area contributed by atoms with Gasteiger partial charge in [0.05, 0.1) is 18.8 Å². The van der Waals surface area contributed by atoms with Crippen molar-refractivity contribution in [2.24, 2.45) is 0 Å². The molecule has 4 nitrogen and oxygen atoms in total. The number of ether oxygens (including phenoxy) is 1. The van der Waals surface area contributed by atoms with Crippen molar-refractivity contribution in [1.29, 1.82) is 0 Å². The van der Waals surface area contributed by atoms with Crippen LogP contribution in [0.4, 0.5) is 5.69 Å². The number of nitrogens with one attached hydrogen (secondary N) is 1. The van der Waals surface area contributed by atoms with E-state index in [0.717, 1.165) is 43.8 Å². The van der Waals surface area contributed by atoms with Crippen molar-refractivity contribution < 1.29 is 9.53 Å². The van der Waals surface area contributed by atoms with Crippen LogP contribution in [0, 0.1) is 6.92 Å². The Balaban J connectivity index is 1.47. The Bertz CT molecular complexity index is 487. The molecule has 2 fully saturated rings. The molecule has 1 aromatic rings. The number of carbonyl (C=O) groups is 1. The molecule has 2 saturated heterocycles. The molecule has 4 heteroatoms. The molecule has 2 aliphatic heterocycles. The Hall–Kier alpha value is -1.39. The maximum Gasteiger partial charge on any atom is 0.238 e. The smallest absolute Gasteiger partial charge is 0.238 e. The molecule has 0 radical (unpaired) electrons. The van der Waals surface area contributed by atoms with Crippen LogP contribution in [0.3, 0.4) is 0 Å². The fourth-order valence-electron chi connectivity index (χ4n) is 3.03. The summed E-state index contributed by atoms with van der Waals surface area (Å²) in [5.74, 6) is 0.0704. The first-order valence-electron chi connectivity index (χ1n) is 7.38. The van der Waals surface area contributed by atoms with Crippen molar-refractivity contribution >= 4 is 11.6 Å². The van der Waals surface area contributed by atoms with Gasteiger partial charge in [-0.1, -0.05) is 12.1 Å². The van der Waals surface area contributed by atoms with Crippen LogP contribution in [-0.4, -0.2) is 42.6 Å². The highest BCUT2D eigenvalue weighted by molar-refractivity contribution is 5.92. The first-order chi connectivity index (χ1) is 9.65. The van der Waals surface area contributed by atoms with Crippen LogP contribution in [0.1, 0.15) is 24.8 Å². The van der Waals surface area contributed by atoms with Crippen molar-refractivity contribution in [2.75, 3.05) is 31.6 Å². The van der Waals surface area contributed by atoms with Gasteiger partial charge in [-0.25, -0.2) is 0 Å². The number of hydrogen-bond donors (Lipinski definition) is 1. The van der Waals surface area contributed by atoms with Crippen molar-refractivity contribution in [3.63, 3.8) is 0 Å². The number of benzene rings is 1. The Morgan fingerprint density at radius 1 is 1.35 bits per heavy atom. The lowest BCUT2D eigenvalue weighted by atomic mass is 9.84. The maximum atomic E-state index is 12.1. The lowest BCUT2D eigenvalue weighted by Gasteiger charge is -2.47. The van der Waals surface area contributed by atoms with Gasteiger partial charge in [-0.05, 0) is 43.9 Å². The van der Waals surface area contributed by atoms with E-state index < -0.39 is 0 Å². The summed E-state index contributed by atoms with van der Waals surface area (Å²) < 4.78 is 5.69. The highest BCUT2D eigenvalue weighted by Gasteiger charge is 2.41. The van der Waals surface area contributed by atoms with Crippen molar-refractivity contribution in [3.05, 3.63) is 29.8 Å². The van der Waals surface area contributed by atoms with Crippen molar-refractivity contribution in [1.82, 2.24) is 4.90 Å². The van der Waals surface area contributed by atoms with E-state index in [0.29, 0.717) is 6.54 Å². The maximum absolute atomic E-state index is 12.1. The lowest BCUT2D eigenvalue weighted by Crippen LogP contribution is -2.53. The van der Waals surface area contributed by atoms with Crippen molar-refractivity contribution in [2.45, 2.75) is 31.8 Å². The third kappa shape index (κ3) is 3.02. The van der Waals surface area contributed by atoms with Crippen LogP contribution in [0.5, 0.6) is 0 Å². The van der Waals surface area contributed by atoms with Gasteiger partial charge in [-0.15, -0.1) is 0 Å². The second-order valence-electron chi connectivity index (χ2n) is 5.98. The van der Waals surface area contributed by atoms with Gasteiger partial charge in [-0.3, -0.25) is 9.69 Å². The molecule has 20 heavy (non-hydrogen) atoms. The molecule has 0 aromatic heterocycles. The monoisotopic (exact) mass is 274 g/mol. The van der Waals surface area contributed by atoms with Gasteiger partial charge in [-0.2, -0.15) is 0 Å². The minimum atomic E-state index is 0.0704. The van der Waals surface area contributed by atoms with E-state index in [4.69, 9.17) is 4.74 Å². The molecule has 0 unspecified atom stereocenters. The van der Waals surface area contributed by atoms with Gasteiger partial charge >= 0.3 is 0 Å². The zero-order valence-corrected chi connectivity index (χ0v) is 12.0. The highest BCUT2D eigenvalue weighted by Crippen LogP contribution is 2.36. The van der Waals surface area contributed by atoms with Gasteiger partial charge in [0.25, 0.3) is 0 Å². The first-order valence-corrected chi connectivity index (χ1v) is 7.38. The lowest BCUT2D eigenvalue weighted by molar-refractivity contribution is -0.173. The van der Waals surface area contributed by atoms with E-state index in [9.17, 15) is 4.79 Å². The average molecular weight is 274 g/mol. The van der Waals surface area contributed by atoms with Crippen LogP contribution >= 0.6 is 0 Å². The summed E-state index contributed by atoms with van der Waals surface area (Å²) in [6.45, 7) is 5.33. The molecule has 1 amide bonds. The molecule has 108 valence electrons. The zero-order valence-electron chi connectivity index (χ0n) is 12.0. The van der Waals surface area contributed by atoms with E-state index in [-0.39, 0.29) is 11.5 Å². The third-order valence-electron chi connectivity index (χ3n) is 4.40. The molecular formula is C16H22N2O2. The molecule has 2 heterocycles. The van der Waals surface area contributed by atoms with E-state index in [1.807, 2.05) is 31.2 Å². The van der Waals surface area contributed by atoms with Gasteiger partial charge in [0.2, 0.25) is 5.91 Å². The number of piperidine rings is 1. The minimum absolute atomic E-state index is 0.0704. The fraction of sp³-hybridized carbons (Fsp3) is 0.562. The quantitative estimate of drug-likeness (QED) is 0.918. The van der Waals surface area contributed by atoms with Gasteiger partial charge < -0.3 is 10.1 Å². The minimum Gasteiger partial charge on any atom is -0.375 e. The number of aryl methyl sites for hydroxylation is 1. The standard InChI is InChI=1S/C16H22N2O2/c1-13-3-2-4-14(11-13)17-15(19)12-18-8-5-16(6-9-18)7-10-20-16/h2-4,11H,5-10,12H2,1H3,(H,17,19). The Morgan fingerprint density at radius 2 is 2.10 bits per heavy atom. The summed E-state index contributed by atoms with van der Waals surface area (Å²) >= 11 is 0. The topological polar surface area (TPSA) is 41.6 Å². The van der Waals surface area contributed by atoms with Crippen LogP contribution in [0.15, 0.2) is 24.3 Å². The first kappa shape index (κ1) is 13.6. The highest BCUT2D eigenvalue weighted by atomic mass is 16.5. The SMILES string of the molecule is Cc1cccc(NC(=O)CN2CCC3(CCO3)CC2)c1. The van der Waals surface area contributed by atoms with E-state index in [2.05, 4.69) is 10.2 Å². The normalized spacial score (nSPS) is 21.4. The molecule has 3 rings (SSSR count). The Morgan fingerprint density at radius 3 is 2.70 bits per heavy atom. The Labute approximate surface area is 120 Å². The third-order valence-corrected chi connectivity index (χ3v) is 4.40. The average Bonchev–Trinajstić information content (AvgIpc) is 2.37. The van der Waals surface area contributed by atoms with Crippen LogP contribution in [0.25, 0.3) is 0 Å². The molecule has 0 atom stereocenters. The molecule has 1 N–H and O–H groups in total. The van der Waals surface area contributed by atoms with Crippen LogP contribution in [-0.2, 0) is 9.53 Å². The second kappa shape index (κ2) is 5.54. The summed E-state index contributed by atoms with van der Waals surface area (Å²) in [6, 6.07) is 7.91. The fourth-order valence-corrected chi connectivity index (χ4v) is 3.03. The number of carbonyl (C=O) groups excluding carboxylic acids is 1. The predicted octanol–water partition coefficient (Wildman–Crippen LogP) is 2.19. The number of hydrogen-bond acceptors (Lipinski definition) is 3. The molecular weight excluding hydrogens is 252 g/mol. The van der Waals surface area contributed by atoms with Crippen LogP contribution in [0.2, 0.25) is 0 Å². The number of likely N-dealkylation sites (tertiary alicyclic amines) is 1. The van der Waals surface area contributed by atoms with Crippen LogP contribution < -0.4 is 5.32 Å². The number of amides is 1. The van der Waals surface area contributed by atoms with Gasteiger partial charge in [0.1, 0.15) is 0 Å².